The normalized spacial score (nSPS) is 11.6. The van der Waals surface area contributed by atoms with Crippen LogP contribution in [0.5, 0.6) is 11.6 Å². The van der Waals surface area contributed by atoms with E-state index in [2.05, 4.69) is 5.10 Å². The second-order valence-corrected chi connectivity index (χ2v) is 6.89. The van der Waals surface area contributed by atoms with E-state index in [1.54, 1.807) is 16.8 Å². The van der Waals surface area contributed by atoms with Crippen LogP contribution in [0, 0.1) is 6.92 Å². The molecule has 0 fully saturated rings. The molecule has 0 unspecified atom stereocenters. The quantitative estimate of drug-likeness (QED) is 0.916. The number of rotatable bonds is 5. The summed E-state index contributed by atoms with van der Waals surface area (Å²) in [6.07, 6.45) is 2.07. The van der Waals surface area contributed by atoms with Crippen molar-refractivity contribution in [2.75, 3.05) is 12.0 Å². The predicted octanol–water partition coefficient (Wildman–Crippen LogP) is 2.38. The van der Waals surface area contributed by atoms with E-state index in [1.165, 1.54) is 18.4 Å². The van der Waals surface area contributed by atoms with Crippen molar-refractivity contribution in [1.82, 2.24) is 9.78 Å². The summed E-state index contributed by atoms with van der Waals surface area (Å²) in [5, 5.41) is 4.32. The van der Waals surface area contributed by atoms with Gasteiger partial charge >= 0.3 is 0 Å². The molecule has 0 saturated heterocycles. The molecular weight excluding hydrogens is 290 g/mol. The SMILES string of the molecule is CCCn1nc(C)c(N)c1Oc1ccc(S(C)(=O)=O)cc1. The number of hydrogen-bond acceptors (Lipinski definition) is 5. The summed E-state index contributed by atoms with van der Waals surface area (Å²) < 4.78 is 30.3. The first-order chi connectivity index (χ1) is 9.82. The number of anilines is 1. The molecule has 6 nitrogen and oxygen atoms in total. The molecule has 2 aromatic rings. The van der Waals surface area contributed by atoms with Crippen LogP contribution < -0.4 is 10.5 Å². The minimum absolute atomic E-state index is 0.251. The second kappa shape index (κ2) is 5.77. The third-order valence-electron chi connectivity index (χ3n) is 3.03. The number of hydrogen-bond donors (Lipinski definition) is 1. The maximum Gasteiger partial charge on any atom is 0.241 e. The van der Waals surface area contributed by atoms with Crippen molar-refractivity contribution in [3.05, 3.63) is 30.0 Å². The van der Waals surface area contributed by atoms with Gasteiger partial charge in [-0.3, -0.25) is 0 Å². The molecule has 0 saturated carbocycles. The molecule has 0 bridgehead atoms. The number of aromatic nitrogens is 2. The second-order valence-electron chi connectivity index (χ2n) is 4.87. The van der Waals surface area contributed by atoms with Crippen LogP contribution >= 0.6 is 0 Å². The summed E-state index contributed by atoms with van der Waals surface area (Å²) in [6, 6.07) is 6.23. The Balaban J connectivity index is 2.30. The van der Waals surface area contributed by atoms with Crippen molar-refractivity contribution in [2.45, 2.75) is 31.7 Å². The van der Waals surface area contributed by atoms with Crippen molar-refractivity contribution in [1.29, 1.82) is 0 Å². The van der Waals surface area contributed by atoms with Crippen LogP contribution in [0.15, 0.2) is 29.2 Å². The Labute approximate surface area is 124 Å². The van der Waals surface area contributed by atoms with Crippen LogP contribution in [0.25, 0.3) is 0 Å². The molecule has 1 aromatic heterocycles. The molecule has 114 valence electrons. The van der Waals surface area contributed by atoms with E-state index in [1.807, 2.05) is 13.8 Å². The number of ether oxygens (including phenoxy) is 1. The molecule has 0 radical (unpaired) electrons. The van der Waals surface area contributed by atoms with Gasteiger partial charge in [0.2, 0.25) is 5.88 Å². The average molecular weight is 309 g/mol. The zero-order valence-corrected chi connectivity index (χ0v) is 13.1. The number of nitrogen functional groups attached to an aromatic ring is 1. The zero-order valence-electron chi connectivity index (χ0n) is 12.3. The highest BCUT2D eigenvalue weighted by atomic mass is 32.2. The fraction of sp³-hybridized carbons (Fsp3) is 0.357. The van der Waals surface area contributed by atoms with Gasteiger partial charge in [0.25, 0.3) is 0 Å². The monoisotopic (exact) mass is 309 g/mol. The highest BCUT2D eigenvalue weighted by Crippen LogP contribution is 2.30. The van der Waals surface area contributed by atoms with Gasteiger partial charge in [-0.1, -0.05) is 6.92 Å². The van der Waals surface area contributed by atoms with E-state index in [0.717, 1.165) is 6.42 Å². The molecule has 0 amide bonds. The average Bonchev–Trinajstić information content (AvgIpc) is 2.67. The molecule has 0 aliphatic carbocycles. The van der Waals surface area contributed by atoms with E-state index in [9.17, 15) is 8.42 Å². The lowest BCUT2D eigenvalue weighted by Gasteiger charge is -2.09. The first kappa shape index (κ1) is 15.4. The lowest BCUT2D eigenvalue weighted by Crippen LogP contribution is -2.03. The predicted molar refractivity (Wildman–Crippen MR) is 81.3 cm³/mol. The maximum absolute atomic E-state index is 11.4. The van der Waals surface area contributed by atoms with Crippen molar-refractivity contribution in [3.63, 3.8) is 0 Å². The molecular formula is C14H19N3O3S. The lowest BCUT2D eigenvalue weighted by molar-refractivity contribution is 0.410. The molecule has 1 heterocycles. The molecule has 21 heavy (non-hydrogen) atoms. The van der Waals surface area contributed by atoms with E-state index >= 15 is 0 Å². The summed E-state index contributed by atoms with van der Waals surface area (Å²) in [6.45, 7) is 4.56. The topological polar surface area (TPSA) is 87.2 Å². The number of aryl methyl sites for hydroxylation is 2. The Kier molecular flexibility index (Phi) is 4.22. The van der Waals surface area contributed by atoms with E-state index in [-0.39, 0.29) is 4.90 Å². The van der Waals surface area contributed by atoms with Crippen LogP contribution in [0.3, 0.4) is 0 Å². The van der Waals surface area contributed by atoms with Gasteiger partial charge in [-0.05, 0) is 37.6 Å². The molecule has 2 rings (SSSR count). The molecule has 0 atom stereocenters. The first-order valence-electron chi connectivity index (χ1n) is 6.63. The summed E-state index contributed by atoms with van der Waals surface area (Å²) in [5.41, 5.74) is 7.19. The largest absolute Gasteiger partial charge is 0.437 e. The van der Waals surface area contributed by atoms with E-state index < -0.39 is 9.84 Å². The first-order valence-corrected chi connectivity index (χ1v) is 8.53. The molecule has 7 heteroatoms. The molecule has 1 aromatic carbocycles. The highest BCUT2D eigenvalue weighted by molar-refractivity contribution is 7.90. The van der Waals surface area contributed by atoms with Crippen molar-refractivity contribution in [2.24, 2.45) is 0 Å². The highest BCUT2D eigenvalue weighted by Gasteiger charge is 2.15. The van der Waals surface area contributed by atoms with Gasteiger partial charge in [-0.25, -0.2) is 13.1 Å². The van der Waals surface area contributed by atoms with Crippen LogP contribution in [-0.4, -0.2) is 24.5 Å². The van der Waals surface area contributed by atoms with E-state index in [4.69, 9.17) is 10.5 Å². The molecule has 2 N–H and O–H groups in total. The summed E-state index contributed by atoms with van der Waals surface area (Å²) in [4.78, 5) is 0.251. The Morgan fingerprint density at radius 3 is 2.43 bits per heavy atom. The van der Waals surface area contributed by atoms with Gasteiger partial charge in [0.1, 0.15) is 11.4 Å². The van der Waals surface area contributed by atoms with Crippen molar-refractivity contribution >= 4 is 15.5 Å². The molecule has 0 spiro atoms. The number of sulfone groups is 1. The number of nitrogens with zero attached hydrogens (tertiary/aromatic N) is 2. The van der Waals surface area contributed by atoms with Crippen LogP contribution in [0.1, 0.15) is 19.0 Å². The molecule has 0 aliphatic heterocycles. The lowest BCUT2D eigenvalue weighted by atomic mass is 10.3. The summed E-state index contributed by atoms with van der Waals surface area (Å²) in [5.74, 6) is 1.01. The summed E-state index contributed by atoms with van der Waals surface area (Å²) in [7, 11) is -3.21. The Morgan fingerprint density at radius 1 is 1.29 bits per heavy atom. The number of nitrogens with two attached hydrogens (primary N) is 1. The van der Waals surface area contributed by atoms with Crippen LogP contribution in [0.4, 0.5) is 5.69 Å². The van der Waals surface area contributed by atoms with Gasteiger partial charge in [0.05, 0.1) is 10.6 Å². The van der Waals surface area contributed by atoms with Gasteiger partial charge in [0.15, 0.2) is 9.84 Å². The number of benzene rings is 1. The molecule has 0 aliphatic rings. The van der Waals surface area contributed by atoms with Gasteiger partial charge in [-0.15, -0.1) is 0 Å². The Morgan fingerprint density at radius 2 is 1.90 bits per heavy atom. The Hall–Kier alpha value is -2.02. The minimum atomic E-state index is -3.21. The van der Waals surface area contributed by atoms with Gasteiger partial charge in [-0.2, -0.15) is 5.10 Å². The Bertz CT molecular complexity index is 734. The van der Waals surface area contributed by atoms with Crippen molar-refractivity contribution < 1.29 is 13.2 Å². The minimum Gasteiger partial charge on any atom is -0.437 e. The third kappa shape index (κ3) is 3.36. The fourth-order valence-electron chi connectivity index (χ4n) is 1.91. The van der Waals surface area contributed by atoms with E-state index in [0.29, 0.717) is 29.6 Å². The van der Waals surface area contributed by atoms with Gasteiger partial charge in [0, 0.05) is 12.8 Å². The summed E-state index contributed by atoms with van der Waals surface area (Å²) >= 11 is 0. The fourth-order valence-corrected chi connectivity index (χ4v) is 2.54. The third-order valence-corrected chi connectivity index (χ3v) is 4.16. The smallest absolute Gasteiger partial charge is 0.241 e. The zero-order chi connectivity index (χ0) is 15.6. The van der Waals surface area contributed by atoms with Crippen LogP contribution in [-0.2, 0) is 16.4 Å². The van der Waals surface area contributed by atoms with Crippen LogP contribution in [0.2, 0.25) is 0 Å². The van der Waals surface area contributed by atoms with Gasteiger partial charge < -0.3 is 10.5 Å². The standard InChI is InChI=1S/C14H19N3O3S/c1-4-9-17-14(13(15)10(2)16-17)20-11-5-7-12(8-6-11)21(3,18)19/h5-8H,4,9,15H2,1-3H3. The van der Waals surface area contributed by atoms with Crippen molar-refractivity contribution in [3.8, 4) is 11.6 Å². The maximum atomic E-state index is 11.4.